The van der Waals surface area contributed by atoms with Gasteiger partial charge in [0.15, 0.2) is 0 Å². The predicted octanol–water partition coefficient (Wildman–Crippen LogP) is -1.51. The first-order valence-corrected chi connectivity index (χ1v) is 12.3. The molecule has 0 saturated heterocycles. The summed E-state index contributed by atoms with van der Waals surface area (Å²) >= 11 is 0. The van der Waals surface area contributed by atoms with Gasteiger partial charge in [-0.2, -0.15) is 0 Å². The van der Waals surface area contributed by atoms with Crippen LogP contribution in [-0.4, -0.2) is 90.1 Å². The fourth-order valence-corrected chi connectivity index (χ4v) is 4.03. The number of nitrogens with one attached hydrogen (secondary N) is 5. The lowest BCUT2D eigenvalue weighted by Gasteiger charge is -2.24. The van der Waals surface area contributed by atoms with Crippen LogP contribution in [0.4, 0.5) is 0 Å². The summed E-state index contributed by atoms with van der Waals surface area (Å²) in [5, 5.41) is 35.5. The second-order valence-electron chi connectivity index (χ2n) is 9.17. The summed E-state index contributed by atoms with van der Waals surface area (Å²) < 4.78 is 0. The summed E-state index contributed by atoms with van der Waals surface area (Å²) in [6, 6.07) is 1.08. The van der Waals surface area contributed by atoms with Gasteiger partial charge >= 0.3 is 17.9 Å². The smallest absolute Gasteiger partial charge is 0.326 e. The Morgan fingerprint density at radius 3 is 2.07 bits per heavy atom. The third kappa shape index (κ3) is 8.62. The molecule has 1 aromatic carbocycles. The first-order chi connectivity index (χ1) is 19.4. The van der Waals surface area contributed by atoms with E-state index in [2.05, 4.69) is 30.9 Å². The second-order valence-corrected chi connectivity index (χ2v) is 9.17. The van der Waals surface area contributed by atoms with E-state index in [1.807, 2.05) is 12.1 Å². The minimum atomic E-state index is -1.72. The molecule has 4 unspecified atom stereocenters. The number of hydrogen-bond donors (Lipinski definition) is 9. The number of aliphatic carboxylic acids is 3. The molecule has 3 amide bonds. The average molecular weight is 572 g/mol. The lowest BCUT2D eigenvalue weighted by molar-refractivity contribution is -0.143. The number of imidazole rings is 1. The van der Waals surface area contributed by atoms with Crippen LogP contribution in [0.2, 0.25) is 0 Å². The van der Waals surface area contributed by atoms with E-state index in [-0.39, 0.29) is 12.8 Å². The summed E-state index contributed by atoms with van der Waals surface area (Å²) in [4.78, 5) is 82.5. The Morgan fingerprint density at radius 1 is 0.805 bits per heavy atom. The number of carbonyl (C=O) groups is 6. The molecule has 0 fully saturated rings. The van der Waals surface area contributed by atoms with Gasteiger partial charge in [0.05, 0.1) is 25.2 Å². The van der Waals surface area contributed by atoms with E-state index in [4.69, 9.17) is 10.8 Å². The van der Waals surface area contributed by atoms with Gasteiger partial charge in [0.25, 0.3) is 0 Å². The lowest BCUT2D eigenvalue weighted by Crippen LogP contribution is -2.58. The van der Waals surface area contributed by atoms with E-state index in [0.717, 1.165) is 10.9 Å². The predicted molar refractivity (Wildman–Crippen MR) is 140 cm³/mol. The zero-order valence-electron chi connectivity index (χ0n) is 21.5. The number of rotatable bonds is 15. The summed E-state index contributed by atoms with van der Waals surface area (Å²) in [5.74, 6) is -7.28. The van der Waals surface area contributed by atoms with E-state index >= 15 is 0 Å². The van der Waals surface area contributed by atoms with Gasteiger partial charge in [0, 0.05) is 41.8 Å². The lowest BCUT2D eigenvalue weighted by atomic mass is 10.0. The maximum atomic E-state index is 13.3. The largest absolute Gasteiger partial charge is 0.481 e. The van der Waals surface area contributed by atoms with Crippen molar-refractivity contribution in [2.75, 3.05) is 0 Å². The Balaban J connectivity index is 1.79. The minimum Gasteiger partial charge on any atom is -0.481 e. The van der Waals surface area contributed by atoms with Crippen molar-refractivity contribution in [3.05, 3.63) is 54.2 Å². The summed E-state index contributed by atoms with van der Waals surface area (Å²) in [5.41, 5.74) is 7.29. The maximum absolute atomic E-state index is 13.3. The molecule has 0 aliphatic heterocycles. The molecule has 2 heterocycles. The molecule has 3 aromatic rings. The van der Waals surface area contributed by atoms with Crippen LogP contribution in [0.25, 0.3) is 10.9 Å². The van der Waals surface area contributed by atoms with Gasteiger partial charge in [-0.05, 0) is 11.6 Å². The molecular weight excluding hydrogens is 542 g/mol. The van der Waals surface area contributed by atoms with E-state index < -0.39 is 72.6 Å². The van der Waals surface area contributed by atoms with Crippen molar-refractivity contribution < 1.29 is 44.1 Å². The van der Waals surface area contributed by atoms with E-state index in [1.165, 1.54) is 12.5 Å². The van der Waals surface area contributed by atoms with Crippen molar-refractivity contribution in [1.29, 1.82) is 0 Å². The molecule has 10 N–H and O–H groups in total. The Bertz CT molecular complexity index is 1420. The fourth-order valence-electron chi connectivity index (χ4n) is 4.03. The number of para-hydroxylation sites is 1. The molecule has 2 aromatic heterocycles. The number of aromatic nitrogens is 3. The van der Waals surface area contributed by atoms with Gasteiger partial charge in [0.1, 0.15) is 18.1 Å². The van der Waals surface area contributed by atoms with Gasteiger partial charge in [-0.1, -0.05) is 18.2 Å². The van der Waals surface area contributed by atoms with Crippen LogP contribution in [-0.2, 0) is 41.6 Å². The zero-order valence-corrected chi connectivity index (χ0v) is 21.5. The highest BCUT2D eigenvalue weighted by molar-refractivity contribution is 5.96. The number of benzene rings is 1. The van der Waals surface area contributed by atoms with Crippen molar-refractivity contribution in [2.24, 2.45) is 5.73 Å². The highest BCUT2D eigenvalue weighted by Crippen LogP contribution is 2.19. The molecule has 0 aliphatic carbocycles. The molecule has 3 rings (SSSR count). The van der Waals surface area contributed by atoms with Crippen LogP contribution in [0.15, 0.2) is 43.0 Å². The molecule has 4 atom stereocenters. The van der Waals surface area contributed by atoms with Crippen molar-refractivity contribution in [2.45, 2.75) is 49.9 Å². The van der Waals surface area contributed by atoms with E-state index in [1.54, 1.807) is 18.3 Å². The zero-order chi connectivity index (χ0) is 30.1. The molecule has 0 aliphatic rings. The number of nitrogens with zero attached hydrogens (tertiary/aromatic N) is 1. The monoisotopic (exact) mass is 571 g/mol. The second kappa shape index (κ2) is 13.7. The molecule has 0 spiro atoms. The van der Waals surface area contributed by atoms with Gasteiger partial charge in [0.2, 0.25) is 17.7 Å². The third-order valence-electron chi connectivity index (χ3n) is 6.07. The van der Waals surface area contributed by atoms with Gasteiger partial charge in [-0.15, -0.1) is 0 Å². The minimum absolute atomic E-state index is 0.0883. The highest BCUT2D eigenvalue weighted by atomic mass is 16.4. The maximum Gasteiger partial charge on any atom is 0.326 e. The van der Waals surface area contributed by atoms with E-state index in [9.17, 15) is 39.0 Å². The molecule has 16 nitrogen and oxygen atoms in total. The number of carbonyl (C=O) groups excluding carboxylic acids is 3. The van der Waals surface area contributed by atoms with E-state index in [0.29, 0.717) is 11.3 Å². The first-order valence-electron chi connectivity index (χ1n) is 12.3. The number of nitrogens with two attached hydrogens (primary N) is 1. The molecule has 41 heavy (non-hydrogen) atoms. The SMILES string of the molecule is NC(CC(=O)O)C(=O)NC(CC(=O)O)C(=O)NC(Cc1cnc[nH]1)C(=O)NC(Cc1c[nH]c2ccccc12)C(=O)O. The summed E-state index contributed by atoms with van der Waals surface area (Å²) in [7, 11) is 0. The standard InChI is InChI=1S/C25H29N7O9/c26-15(7-20(33)34)22(37)30-18(8-21(35)36)24(39)31-17(6-13-10-27-11-29-13)23(38)32-19(25(40)41)5-12-9-28-16-4-2-1-3-14(12)16/h1-4,9-11,15,17-19,28H,5-8,26H2,(H,27,29)(H,30,37)(H,31,39)(H,32,38)(H,33,34)(H,35,36)(H,40,41). The Morgan fingerprint density at radius 2 is 1.44 bits per heavy atom. The number of carboxylic acids is 3. The molecule has 16 heteroatoms. The van der Waals surface area contributed by atoms with Crippen LogP contribution in [0.5, 0.6) is 0 Å². The number of H-pyrrole nitrogens is 2. The number of amides is 3. The number of hydrogen-bond acceptors (Lipinski definition) is 8. The van der Waals surface area contributed by atoms with Crippen molar-refractivity contribution in [3.8, 4) is 0 Å². The topological polar surface area (TPSA) is 270 Å². The van der Waals surface area contributed by atoms with Crippen LogP contribution in [0.1, 0.15) is 24.1 Å². The van der Waals surface area contributed by atoms with Crippen molar-refractivity contribution in [1.82, 2.24) is 30.9 Å². The molecule has 0 radical (unpaired) electrons. The molecule has 0 bridgehead atoms. The Labute approximate surface area is 231 Å². The van der Waals surface area contributed by atoms with Gasteiger partial charge < -0.3 is 47.0 Å². The van der Waals surface area contributed by atoms with Crippen LogP contribution in [0.3, 0.4) is 0 Å². The number of aromatic amines is 2. The fraction of sp³-hybridized carbons (Fsp3) is 0.320. The number of carboxylic acid groups (broad SMARTS) is 3. The van der Waals surface area contributed by atoms with Gasteiger partial charge in [-0.25, -0.2) is 9.78 Å². The summed E-state index contributed by atoms with van der Waals surface area (Å²) in [6.07, 6.45) is 2.36. The average Bonchev–Trinajstić information content (AvgIpc) is 3.56. The van der Waals surface area contributed by atoms with Crippen molar-refractivity contribution >= 4 is 46.5 Å². The molecular formula is C25H29N7O9. The third-order valence-corrected chi connectivity index (χ3v) is 6.07. The van der Waals surface area contributed by atoms with Crippen LogP contribution in [0, 0.1) is 0 Å². The highest BCUT2D eigenvalue weighted by Gasteiger charge is 2.32. The Kier molecular flexibility index (Phi) is 10.1. The Hall–Kier alpha value is -5.25. The normalized spacial score (nSPS) is 13.9. The molecule has 0 saturated carbocycles. The summed E-state index contributed by atoms with van der Waals surface area (Å²) in [6.45, 7) is 0. The van der Waals surface area contributed by atoms with Crippen LogP contribution < -0.4 is 21.7 Å². The number of fused-ring (bicyclic) bond motifs is 1. The van der Waals surface area contributed by atoms with Crippen LogP contribution >= 0.6 is 0 Å². The quantitative estimate of drug-likeness (QED) is 0.101. The van der Waals surface area contributed by atoms with Gasteiger partial charge in [-0.3, -0.25) is 24.0 Å². The first kappa shape index (κ1) is 30.3. The molecule has 218 valence electrons. The van der Waals surface area contributed by atoms with Crippen molar-refractivity contribution in [3.63, 3.8) is 0 Å².